The van der Waals surface area contributed by atoms with E-state index in [4.69, 9.17) is 0 Å². The van der Waals surface area contributed by atoms with E-state index in [0.717, 1.165) is 16.1 Å². The van der Waals surface area contributed by atoms with Crippen LogP contribution >= 0.6 is 0 Å². The van der Waals surface area contributed by atoms with Crippen molar-refractivity contribution < 1.29 is 4.52 Å². The molecule has 0 N–H and O–H groups in total. The highest BCUT2D eigenvalue weighted by molar-refractivity contribution is 5.43. The van der Waals surface area contributed by atoms with E-state index < -0.39 is 0 Å². The second kappa shape index (κ2) is 3.21. The first-order chi connectivity index (χ1) is 7.32. The molecule has 0 fully saturated rings. The van der Waals surface area contributed by atoms with Crippen molar-refractivity contribution in [2.45, 2.75) is 26.2 Å². The normalized spacial score (nSPS) is 12.2. The molecule has 0 amide bonds. The molecule has 0 aliphatic carbocycles. The average molecular weight is 215 g/mol. The molecule has 0 saturated carbocycles. The summed E-state index contributed by atoms with van der Waals surface area (Å²) in [5.41, 5.74) is 2.60. The Morgan fingerprint density at radius 3 is 2.38 bits per heavy atom. The number of fused-ring (bicyclic) bond motifs is 1. The predicted molar refractivity (Wildman–Crippen MR) is 67.6 cm³/mol. The third kappa shape index (κ3) is 1.45. The molecule has 2 aromatic rings. The minimum atomic E-state index is 0.161. The molecule has 0 aliphatic heterocycles. The summed E-state index contributed by atoms with van der Waals surface area (Å²) in [6.45, 7) is 14.7. The lowest BCUT2D eigenvalue weighted by Gasteiger charge is -2.15. The Hall–Kier alpha value is -1.57. The Kier molecular flexibility index (Phi) is 2.19. The zero-order valence-electron chi connectivity index (χ0n) is 10.5. The fourth-order valence-corrected chi connectivity index (χ4v) is 1.89. The maximum Gasteiger partial charge on any atom is 0.244 e. The van der Waals surface area contributed by atoms with E-state index in [9.17, 15) is 0 Å². The summed E-state index contributed by atoms with van der Waals surface area (Å²) in [5, 5.41) is 1.97. The van der Waals surface area contributed by atoms with Gasteiger partial charge in [-0.3, -0.25) is 0 Å². The highest BCUT2D eigenvalue weighted by Crippen LogP contribution is 2.20. The lowest BCUT2D eigenvalue weighted by molar-refractivity contribution is -0.608. The number of pyridine rings is 1. The van der Waals surface area contributed by atoms with Crippen LogP contribution in [-0.2, 0) is 12.5 Å². The van der Waals surface area contributed by atoms with Gasteiger partial charge in [0, 0.05) is 11.6 Å². The molecule has 0 saturated heterocycles. The third-order valence-corrected chi connectivity index (χ3v) is 3.17. The van der Waals surface area contributed by atoms with Crippen LogP contribution in [0.1, 0.15) is 26.3 Å². The van der Waals surface area contributed by atoms with Crippen LogP contribution in [0.25, 0.3) is 18.7 Å². The average Bonchev–Trinajstić information content (AvgIpc) is 2.43. The number of nitrogens with zero attached hydrogens (tertiary/aromatic N) is 2. The Labute approximate surface area is 96.1 Å². The van der Waals surface area contributed by atoms with Gasteiger partial charge in [-0.05, 0) is 11.5 Å². The molecular formula is C14H19N2+. The Bertz CT molecular complexity index is 642. The lowest BCUT2D eigenvalue weighted by Crippen LogP contribution is -2.37. The van der Waals surface area contributed by atoms with Crippen LogP contribution in [0, 0.1) is 0 Å². The maximum absolute atomic E-state index is 4.06. The van der Waals surface area contributed by atoms with Crippen molar-refractivity contribution in [1.82, 2.24) is 4.68 Å². The topological polar surface area (TPSA) is 9.03 Å². The number of aryl methyl sites for hydroxylation is 1. The van der Waals surface area contributed by atoms with Crippen molar-refractivity contribution in [2.75, 3.05) is 0 Å². The second-order valence-corrected chi connectivity index (χ2v) is 5.35. The maximum atomic E-state index is 4.06. The van der Waals surface area contributed by atoms with Crippen LogP contribution in [-0.4, -0.2) is 4.68 Å². The largest absolute Gasteiger partial charge is 0.244 e. The van der Waals surface area contributed by atoms with Gasteiger partial charge < -0.3 is 0 Å². The SMILES string of the molecule is C=c1c(=C)n(C)[n+]2cc(C(C)(C)C)ccc12. The van der Waals surface area contributed by atoms with Crippen molar-refractivity contribution in [1.29, 1.82) is 0 Å². The van der Waals surface area contributed by atoms with Crippen molar-refractivity contribution >= 4 is 18.7 Å². The molecule has 0 radical (unpaired) electrons. The number of hydrogen-bond donors (Lipinski definition) is 0. The van der Waals surface area contributed by atoms with Crippen molar-refractivity contribution in [2.24, 2.45) is 7.05 Å². The highest BCUT2D eigenvalue weighted by atomic mass is 15.3. The van der Waals surface area contributed by atoms with Crippen LogP contribution < -0.4 is 15.1 Å². The zero-order chi connectivity index (χ0) is 12.1. The molecule has 2 nitrogen and oxygen atoms in total. The number of aromatic nitrogens is 2. The van der Waals surface area contributed by atoms with Crippen molar-refractivity contribution in [3.05, 3.63) is 34.5 Å². The molecule has 16 heavy (non-hydrogen) atoms. The zero-order valence-corrected chi connectivity index (χ0v) is 10.5. The van der Waals surface area contributed by atoms with Crippen LogP contribution in [0.4, 0.5) is 0 Å². The Balaban J connectivity index is 2.88. The van der Waals surface area contributed by atoms with Gasteiger partial charge in [-0.1, -0.05) is 38.4 Å². The first-order valence-corrected chi connectivity index (χ1v) is 5.51. The summed E-state index contributed by atoms with van der Waals surface area (Å²) in [4.78, 5) is 0. The molecule has 0 spiro atoms. The summed E-state index contributed by atoms with van der Waals surface area (Å²) >= 11 is 0. The highest BCUT2D eigenvalue weighted by Gasteiger charge is 2.19. The summed E-state index contributed by atoms with van der Waals surface area (Å²) < 4.78 is 4.15. The first-order valence-electron chi connectivity index (χ1n) is 5.51. The fourth-order valence-electron chi connectivity index (χ4n) is 1.89. The molecule has 0 aromatic carbocycles. The van der Waals surface area contributed by atoms with E-state index in [1.807, 2.05) is 11.7 Å². The minimum Gasteiger partial charge on any atom is -0.151 e. The molecule has 2 aromatic heterocycles. The molecule has 0 bridgehead atoms. The summed E-state index contributed by atoms with van der Waals surface area (Å²) in [7, 11) is 2.01. The van der Waals surface area contributed by atoms with Gasteiger partial charge in [0.1, 0.15) is 5.35 Å². The number of hydrogen-bond acceptors (Lipinski definition) is 0. The smallest absolute Gasteiger partial charge is 0.151 e. The molecular weight excluding hydrogens is 196 g/mol. The second-order valence-electron chi connectivity index (χ2n) is 5.35. The minimum absolute atomic E-state index is 0.161. The number of rotatable bonds is 0. The van der Waals surface area contributed by atoms with E-state index in [0.29, 0.717) is 0 Å². The first kappa shape index (κ1) is 10.9. The van der Waals surface area contributed by atoms with Crippen molar-refractivity contribution in [3.63, 3.8) is 0 Å². The summed E-state index contributed by atoms with van der Waals surface area (Å²) in [6.07, 6.45) is 2.17. The van der Waals surface area contributed by atoms with Crippen LogP contribution in [0.15, 0.2) is 18.3 Å². The van der Waals surface area contributed by atoms with E-state index in [2.05, 4.69) is 56.8 Å². The van der Waals surface area contributed by atoms with Crippen LogP contribution in [0.5, 0.6) is 0 Å². The van der Waals surface area contributed by atoms with Gasteiger partial charge in [0.2, 0.25) is 11.7 Å². The lowest BCUT2D eigenvalue weighted by atomic mass is 9.88. The molecule has 84 valence electrons. The van der Waals surface area contributed by atoms with Gasteiger partial charge in [-0.25, -0.2) is 0 Å². The Morgan fingerprint density at radius 1 is 1.19 bits per heavy atom. The molecule has 0 atom stereocenters. The Morgan fingerprint density at radius 2 is 1.81 bits per heavy atom. The fraction of sp³-hybridized carbons (Fsp3) is 0.357. The van der Waals surface area contributed by atoms with Gasteiger partial charge >= 0.3 is 0 Å². The van der Waals surface area contributed by atoms with Gasteiger partial charge in [0.15, 0.2) is 0 Å². The molecule has 2 heterocycles. The molecule has 2 heteroatoms. The van der Waals surface area contributed by atoms with Gasteiger partial charge in [-0.2, -0.15) is 4.68 Å². The van der Waals surface area contributed by atoms with E-state index in [-0.39, 0.29) is 5.41 Å². The van der Waals surface area contributed by atoms with Crippen LogP contribution in [0.2, 0.25) is 0 Å². The van der Waals surface area contributed by atoms with Gasteiger partial charge in [-0.15, -0.1) is 0 Å². The summed E-state index contributed by atoms with van der Waals surface area (Å²) in [5.74, 6) is 0. The predicted octanol–water partition coefficient (Wildman–Crippen LogP) is 0.882. The standard InChI is InChI=1S/C14H19N2/c1-10-11(2)15(6)16-9-12(14(3,4)5)7-8-13(10)16/h7-9H,1-2H2,3-6H3/q+1. The molecule has 2 rings (SSSR count). The van der Waals surface area contributed by atoms with Gasteiger partial charge in [0.25, 0.3) is 0 Å². The third-order valence-electron chi connectivity index (χ3n) is 3.17. The molecule has 0 unspecified atom stereocenters. The van der Waals surface area contributed by atoms with Crippen molar-refractivity contribution in [3.8, 4) is 0 Å². The van der Waals surface area contributed by atoms with Crippen LogP contribution in [0.3, 0.4) is 0 Å². The summed E-state index contributed by atoms with van der Waals surface area (Å²) in [6, 6.07) is 4.29. The quantitative estimate of drug-likeness (QED) is 0.577. The monoisotopic (exact) mass is 215 g/mol. The van der Waals surface area contributed by atoms with Gasteiger partial charge in [0.05, 0.1) is 12.3 Å². The van der Waals surface area contributed by atoms with E-state index >= 15 is 0 Å². The van der Waals surface area contributed by atoms with E-state index in [1.165, 1.54) is 5.56 Å². The molecule has 0 aliphatic rings. The van der Waals surface area contributed by atoms with E-state index in [1.54, 1.807) is 0 Å².